The number of esters is 1. The number of aliphatic hydroxyl groups is 1. The molecule has 0 aromatic rings. The molecule has 0 radical (unpaired) electrons. The first-order valence-corrected chi connectivity index (χ1v) is 7.39. The Kier molecular flexibility index (Phi) is 8.01. The predicted octanol–water partition coefficient (Wildman–Crippen LogP) is 2.93. The topological polar surface area (TPSA) is 55.8 Å². The second kappa shape index (κ2) is 9.53. The Hall–Kier alpha value is -1.39. The third kappa shape index (κ3) is 7.25. The minimum Gasteiger partial charge on any atom is -0.457 e. The Labute approximate surface area is 127 Å². The van der Waals surface area contributed by atoms with Gasteiger partial charge in [-0.25, -0.2) is 4.79 Å². The van der Waals surface area contributed by atoms with Gasteiger partial charge in [0.1, 0.15) is 6.10 Å². The van der Waals surface area contributed by atoms with Gasteiger partial charge in [-0.2, -0.15) is 0 Å². The molecule has 0 aromatic heterocycles. The van der Waals surface area contributed by atoms with Crippen molar-refractivity contribution in [3.8, 4) is 0 Å². The SMILES string of the molecule is CO[C@H]1/C=C\CC/C(C)=C\C/C(C)=C\C(=O)O[C@H](CO)C1. The zero-order valence-corrected chi connectivity index (χ0v) is 13.2. The summed E-state index contributed by atoms with van der Waals surface area (Å²) in [4.78, 5) is 11.8. The number of ether oxygens (including phenoxy) is 2. The summed E-state index contributed by atoms with van der Waals surface area (Å²) in [6.45, 7) is 3.80. The van der Waals surface area contributed by atoms with Gasteiger partial charge in [-0.05, 0) is 33.1 Å². The standard InChI is InChI=1S/C17H26O4/c1-13-6-4-5-7-15(20-3)11-16(12-18)21-17(19)10-14(2)9-8-13/h5,7-8,10,15-16,18H,4,6,9,11-12H2,1-3H3/b7-5-,13-8-,14-10-/t15-,16-/m0/s1. The van der Waals surface area contributed by atoms with Crippen molar-refractivity contribution in [3.63, 3.8) is 0 Å². The molecule has 0 aromatic carbocycles. The van der Waals surface area contributed by atoms with Gasteiger partial charge in [0, 0.05) is 19.6 Å². The molecule has 4 nitrogen and oxygen atoms in total. The van der Waals surface area contributed by atoms with E-state index < -0.39 is 12.1 Å². The Morgan fingerprint density at radius 2 is 2.14 bits per heavy atom. The first kappa shape index (κ1) is 17.7. The number of allylic oxidation sites excluding steroid dienone is 4. The van der Waals surface area contributed by atoms with Crippen molar-refractivity contribution in [2.75, 3.05) is 13.7 Å². The van der Waals surface area contributed by atoms with Crippen LogP contribution in [0.5, 0.6) is 0 Å². The molecule has 1 N–H and O–H groups in total. The molecule has 0 saturated heterocycles. The van der Waals surface area contributed by atoms with Crippen LogP contribution < -0.4 is 0 Å². The molecule has 4 heteroatoms. The van der Waals surface area contributed by atoms with Crippen molar-refractivity contribution in [2.24, 2.45) is 0 Å². The quantitative estimate of drug-likeness (QED) is 0.628. The van der Waals surface area contributed by atoms with E-state index in [2.05, 4.69) is 19.1 Å². The van der Waals surface area contributed by atoms with E-state index in [-0.39, 0.29) is 12.7 Å². The molecule has 0 amide bonds. The predicted molar refractivity (Wildman–Crippen MR) is 82.9 cm³/mol. The van der Waals surface area contributed by atoms with E-state index in [9.17, 15) is 9.90 Å². The van der Waals surface area contributed by atoms with Crippen molar-refractivity contribution in [1.29, 1.82) is 0 Å². The summed E-state index contributed by atoms with van der Waals surface area (Å²) < 4.78 is 10.6. The van der Waals surface area contributed by atoms with E-state index in [1.165, 1.54) is 11.6 Å². The molecule has 1 aliphatic rings. The lowest BCUT2D eigenvalue weighted by molar-refractivity contribution is -0.146. The molecule has 1 rings (SSSR count). The molecule has 0 fully saturated rings. The fraction of sp³-hybridized carbons (Fsp3) is 0.588. The van der Waals surface area contributed by atoms with Crippen molar-refractivity contribution in [2.45, 2.75) is 51.7 Å². The van der Waals surface area contributed by atoms with Crippen LogP contribution in [0.15, 0.2) is 35.5 Å². The Morgan fingerprint density at radius 1 is 1.38 bits per heavy atom. The highest BCUT2D eigenvalue weighted by Gasteiger charge is 2.17. The molecule has 1 heterocycles. The van der Waals surface area contributed by atoms with E-state index >= 15 is 0 Å². The first-order chi connectivity index (χ1) is 10.0. The summed E-state index contributed by atoms with van der Waals surface area (Å²) in [5.41, 5.74) is 2.26. The summed E-state index contributed by atoms with van der Waals surface area (Å²) in [5.74, 6) is -0.409. The average molecular weight is 294 g/mol. The fourth-order valence-electron chi connectivity index (χ4n) is 2.13. The third-order valence-corrected chi connectivity index (χ3v) is 3.48. The van der Waals surface area contributed by atoms with E-state index in [1.54, 1.807) is 7.11 Å². The molecule has 0 spiro atoms. The Bertz CT molecular complexity index is 421. The molecule has 118 valence electrons. The maximum absolute atomic E-state index is 11.8. The van der Waals surface area contributed by atoms with Gasteiger partial charge < -0.3 is 14.6 Å². The minimum absolute atomic E-state index is 0.160. The van der Waals surface area contributed by atoms with E-state index in [1.807, 2.05) is 13.0 Å². The highest BCUT2D eigenvalue weighted by Crippen LogP contribution is 2.14. The number of hydrogen-bond donors (Lipinski definition) is 1. The summed E-state index contributed by atoms with van der Waals surface area (Å²) >= 11 is 0. The molecule has 21 heavy (non-hydrogen) atoms. The number of rotatable bonds is 2. The second-order valence-corrected chi connectivity index (χ2v) is 5.46. The molecule has 1 aliphatic heterocycles. The van der Waals surface area contributed by atoms with Gasteiger partial charge >= 0.3 is 5.97 Å². The second-order valence-electron chi connectivity index (χ2n) is 5.46. The lowest BCUT2D eigenvalue weighted by Gasteiger charge is -2.19. The van der Waals surface area contributed by atoms with Gasteiger partial charge in [-0.1, -0.05) is 29.4 Å². The summed E-state index contributed by atoms with van der Waals surface area (Å²) in [6.07, 6.45) is 10.1. The van der Waals surface area contributed by atoms with E-state index in [0.717, 1.165) is 24.8 Å². The number of hydrogen-bond acceptors (Lipinski definition) is 4. The number of aliphatic hydroxyl groups excluding tert-OH is 1. The highest BCUT2D eigenvalue weighted by atomic mass is 16.6. The summed E-state index contributed by atoms with van der Waals surface area (Å²) in [5, 5.41) is 9.34. The highest BCUT2D eigenvalue weighted by molar-refractivity contribution is 5.82. The van der Waals surface area contributed by atoms with Crippen LogP contribution >= 0.6 is 0 Å². The number of carbonyl (C=O) groups excluding carboxylic acids is 1. The fourth-order valence-corrected chi connectivity index (χ4v) is 2.13. The van der Waals surface area contributed by atoms with Gasteiger partial charge in [0.15, 0.2) is 0 Å². The van der Waals surface area contributed by atoms with Crippen LogP contribution in [-0.4, -0.2) is 37.0 Å². The zero-order valence-electron chi connectivity index (χ0n) is 13.2. The van der Waals surface area contributed by atoms with Crippen molar-refractivity contribution >= 4 is 5.97 Å². The van der Waals surface area contributed by atoms with Crippen LogP contribution in [0.3, 0.4) is 0 Å². The lowest BCUT2D eigenvalue weighted by Crippen LogP contribution is -2.26. The maximum atomic E-state index is 11.8. The Balaban J connectivity index is 2.87. The number of cyclic esters (lactones) is 1. The minimum atomic E-state index is -0.545. The zero-order chi connectivity index (χ0) is 15.7. The van der Waals surface area contributed by atoms with Gasteiger partial charge in [-0.15, -0.1) is 0 Å². The molecule has 0 bridgehead atoms. The molecular weight excluding hydrogens is 268 g/mol. The van der Waals surface area contributed by atoms with E-state index in [0.29, 0.717) is 6.42 Å². The first-order valence-electron chi connectivity index (χ1n) is 7.39. The molecular formula is C17H26O4. The van der Waals surface area contributed by atoms with Crippen LogP contribution in [-0.2, 0) is 14.3 Å². The van der Waals surface area contributed by atoms with Gasteiger partial charge in [0.2, 0.25) is 0 Å². The van der Waals surface area contributed by atoms with Crippen LogP contribution in [0.4, 0.5) is 0 Å². The van der Waals surface area contributed by atoms with Crippen LogP contribution in [0.2, 0.25) is 0 Å². The summed E-state index contributed by atoms with van der Waals surface area (Å²) in [6, 6.07) is 0. The van der Waals surface area contributed by atoms with Gasteiger partial charge in [-0.3, -0.25) is 0 Å². The molecule has 0 aliphatic carbocycles. The normalized spacial score (nSPS) is 32.1. The van der Waals surface area contributed by atoms with Crippen molar-refractivity contribution in [3.05, 3.63) is 35.5 Å². The smallest absolute Gasteiger partial charge is 0.331 e. The van der Waals surface area contributed by atoms with E-state index in [4.69, 9.17) is 9.47 Å². The third-order valence-electron chi connectivity index (χ3n) is 3.48. The van der Waals surface area contributed by atoms with Gasteiger partial charge in [0.05, 0.1) is 12.7 Å². The monoisotopic (exact) mass is 294 g/mol. The number of carbonyl (C=O) groups is 1. The molecule has 0 saturated carbocycles. The van der Waals surface area contributed by atoms with Crippen molar-refractivity contribution in [1.82, 2.24) is 0 Å². The van der Waals surface area contributed by atoms with Crippen molar-refractivity contribution < 1.29 is 19.4 Å². The van der Waals surface area contributed by atoms with Crippen LogP contribution in [0.1, 0.15) is 39.5 Å². The number of methoxy groups -OCH3 is 1. The van der Waals surface area contributed by atoms with Crippen LogP contribution in [0, 0.1) is 0 Å². The Morgan fingerprint density at radius 3 is 2.81 bits per heavy atom. The lowest BCUT2D eigenvalue weighted by atomic mass is 10.1. The summed E-state index contributed by atoms with van der Waals surface area (Å²) in [7, 11) is 1.61. The molecule has 0 unspecified atom stereocenters. The maximum Gasteiger partial charge on any atom is 0.331 e. The average Bonchev–Trinajstić information content (AvgIpc) is 2.46. The van der Waals surface area contributed by atoms with Gasteiger partial charge in [0.25, 0.3) is 0 Å². The van der Waals surface area contributed by atoms with Crippen LogP contribution in [0.25, 0.3) is 0 Å². The largest absolute Gasteiger partial charge is 0.457 e. The molecule has 2 atom stereocenters.